The summed E-state index contributed by atoms with van der Waals surface area (Å²) in [5.41, 5.74) is 7.45. The number of hydrogen-bond acceptors (Lipinski definition) is 6. The number of rotatable bonds is 14. The van der Waals surface area contributed by atoms with Crippen LogP contribution in [0.15, 0.2) is 48.5 Å². The molecule has 2 N–H and O–H groups in total. The maximum atomic E-state index is 11.5. The molecule has 6 rings (SSSR count). The van der Waals surface area contributed by atoms with E-state index >= 15 is 0 Å². The fraction of sp³-hybridized carbons (Fsp3) is 0.513. The first-order valence-corrected chi connectivity index (χ1v) is 17.8. The van der Waals surface area contributed by atoms with Crippen molar-refractivity contribution in [3.63, 3.8) is 0 Å². The van der Waals surface area contributed by atoms with Crippen LogP contribution in [0.25, 0.3) is 11.1 Å². The van der Waals surface area contributed by atoms with Gasteiger partial charge >= 0.3 is 0 Å². The number of hydrogen-bond donors (Lipinski definition) is 2. The molecule has 2 atom stereocenters. The van der Waals surface area contributed by atoms with Crippen LogP contribution < -0.4 is 24.8 Å². The molecular weight excluding hydrogens is 610 g/mol. The fourth-order valence-electron chi connectivity index (χ4n) is 7.53. The predicted octanol–water partition coefficient (Wildman–Crippen LogP) is 7.79. The summed E-state index contributed by atoms with van der Waals surface area (Å²) >= 11 is 6.82. The number of benzene rings is 3. The Morgan fingerprint density at radius 2 is 1.85 bits per heavy atom. The molecular formula is C39H50ClN3O4. The number of nitrogens with zero attached hydrogens (tertiary/aromatic N) is 1. The van der Waals surface area contributed by atoms with Gasteiger partial charge in [0.2, 0.25) is 5.91 Å². The fourth-order valence-corrected chi connectivity index (χ4v) is 7.76. The second kappa shape index (κ2) is 14.9. The van der Waals surface area contributed by atoms with Crippen LogP contribution in [0, 0.1) is 6.92 Å². The number of nitrogens with one attached hydrogen (secondary N) is 2. The number of carbonyl (C=O) groups excluding carboxylic acids is 1. The highest BCUT2D eigenvalue weighted by Gasteiger charge is 2.31. The number of likely N-dealkylation sites (tertiary alicyclic amines) is 1. The van der Waals surface area contributed by atoms with Crippen LogP contribution in [0.4, 0.5) is 0 Å². The van der Waals surface area contributed by atoms with Gasteiger partial charge in [0.15, 0.2) is 0 Å². The Morgan fingerprint density at radius 1 is 1.02 bits per heavy atom. The van der Waals surface area contributed by atoms with Crippen molar-refractivity contribution in [1.82, 2.24) is 15.5 Å². The predicted molar refractivity (Wildman–Crippen MR) is 189 cm³/mol. The molecule has 3 aliphatic rings. The molecule has 0 saturated carbocycles. The minimum absolute atomic E-state index is 0.0959. The summed E-state index contributed by atoms with van der Waals surface area (Å²) in [4.78, 5) is 14.1. The lowest BCUT2D eigenvalue weighted by Gasteiger charge is -2.31. The average Bonchev–Trinajstić information content (AvgIpc) is 3.76. The van der Waals surface area contributed by atoms with E-state index in [0.29, 0.717) is 42.4 Å². The Morgan fingerprint density at radius 3 is 2.62 bits per heavy atom. The van der Waals surface area contributed by atoms with Crippen molar-refractivity contribution in [3.05, 3.63) is 75.8 Å². The summed E-state index contributed by atoms with van der Waals surface area (Å²) < 4.78 is 19.0. The highest BCUT2D eigenvalue weighted by Crippen LogP contribution is 2.44. The average molecular weight is 660 g/mol. The van der Waals surface area contributed by atoms with Crippen LogP contribution in [0.5, 0.6) is 17.2 Å². The molecule has 3 aromatic carbocycles. The van der Waals surface area contributed by atoms with E-state index in [0.717, 1.165) is 55.9 Å². The summed E-state index contributed by atoms with van der Waals surface area (Å²) in [6, 6.07) is 17.0. The molecule has 8 heteroatoms. The Hall–Kier alpha value is -3.26. The highest BCUT2D eigenvalue weighted by atomic mass is 35.5. The van der Waals surface area contributed by atoms with Gasteiger partial charge in [0.1, 0.15) is 23.4 Å². The van der Waals surface area contributed by atoms with Crippen molar-refractivity contribution in [2.24, 2.45) is 0 Å². The SMILES string of the molecule is CCOc1cc(O[C@H]2CCc3c(-c4cccc(OCCCN5CCCC5(C)C)c4C)cccc32)c(Cl)cc1CNC[C@@H]1CCC(=O)N1. The molecule has 252 valence electrons. The summed E-state index contributed by atoms with van der Waals surface area (Å²) in [6.45, 7) is 13.7. The molecule has 0 spiro atoms. The smallest absolute Gasteiger partial charge is 0.220 e. The molecule has 0 radical (unpaired) electrons. The largest absolute Gasteiger partial charge is 0.493 e. The maximum Gasteiger partial charge on any atom is 0.220 e. The van der Waals surface area contributed by atoms with Gasteiger partial charge in [-0.25, -0.2) is 0 Å². The van der Waals surface area contributed by atoms with Crippen molar-refractivity contribution in [2.45, 2.75) is 96.9 Å². The molecule has 2 heterocycles. The van der Waals surface area contributed by atoms with Gasteiger partial charge < -0.3 is 24.8 Å². The Kier molecular flexibility index (Phi) is 10.6. The van der Waals surface area contributed by atoms with Crippen LogP contribution in [-0.2, 0) is 17.8 Å². The molecule has 0 aromatic heterocycles. The molecule has 2 saturated heterocycles. The summed E-state index contributed by atoms with van der Waals surface area (Å²) in [7, 11) is 0. The van der Waals surface area contributed by atoms with E-state index in [1.54, 1.807) is 0 Å². The molecule has 47 heavy (non-hydrogen) atoms. The van der Waals surface area contributed by atoms with Gasteiger partial charge in [-0.15, -0.1) is 0 Å². The van der Waals surface area contributed by atoms with Crippen molar-refractivity contribution >= 4 is 17.5 Å². The quantitative estimate of drug-likeness (QED) is 0.172. The van der Waals surface area contributed by atoms with E-state index in [1.807, 2.05) is 19.1 Å². The minimum atomic E-state index is -0.0959. The summed E-state index contributed by atoms with van der Waals surface area (Å²) in [5, 5.41) is 7.02. The van der Waals surface area contributed by atoms with Gasteiger partial charge in [0.25, 0.3) is 0 Å². The zero-order valence-corrected chi connectivity index (χ0v) is 29.2. The first-order chi connectivity index (χ1) is 22.7. The van der Waals surface area contributed by atoms with Crippen LogP contribution in [0.3, 0.4) is 0 Å². The Labute approximate surface area is 285 Å². The second-order valence-electron chi connectivity index (χ2n) is 13.8. The molecule has 0 unspecified atom stereocenters. The molecule has 2 fully saturated rings. The summed E-state index contributed by atoms with van der Waals surface area (Å²) in [6.07, 6.45) is 6.76. The van der Waals surface area contributed by atoms with Crippen molar-refractivity contribution < 1.29 is 19.0 Å². The first kappa shape index (κ1) is 33.6. The highest BCUT2D eigenvalue weighted by molar-refractivity contribution is 6.32. The molecule has 1 amide bonds. The van der Waals surface area contributed by atoms with Crippen molar-refractivity contribution in [1.29, 1.82) is 0 Å². The van der Waals surface area contributed by atoms with E-state index in [9.17, 15) is 4.79 Å². The van der Waals surface area contributed by atoms with E-state index < -0.39 is 0 Å². The molecule has 1 aliphatic carbocycles. The van der Waals surface area contributed by atoms with Gasteiger partial charge in [-0.3, -0.25) is 9.69 Å². The zero-order valence-electron chi connectivity index (χ0n) is 28.4. The number of fused-ring (bicyclic) bond motifs is 1. The van der Waals surface area contributed by atoms with Gasteiger partial charge in [0, 0.05) is 49.3 Å². The third-order valence-electron chi connectivity index (χ3n) is 10.2. The van der Waals surface area contributed by atoms with E-state index in [2.05, 4.69) is 72.7 Å². The number of amides is 1. The Balaban J connectivity index is 1.13. The van der Waals surface area contributed by atoms with Gasteiger partial charge in [-0.2, -0.15) is 0 Å². The normalized spacial score (nSPS) is 20.3. The number of halogens is 1. The third kappa shape index (κ3) is 7.74. The first-order valence-electron chi connectivity index (χ1n) is 17.4. The lowest BCUT2D eigenvalue weighted by Crippen LogP contribution is -2.39. The minimum Gasteiger partial charge on any atom is -0.493 e. The standard InChI is InChI=1S/C39H50ClN3O4/c1-5-45-36-23-37(33(40)22-27(36)24-41-25-28-14-17-38(44)42-28)47-35-16-15-31-30(11-6-12-32(31)35)29-10-7-13-34(26(29)2)46-21-9-20-43-19-8-18-39(43,3)4/h6-7,10-13,22-23,28,35,41H,5,8-9,14-21,24-25H2,1-4H3,(H,42,44)/t28-,35-/m0/s1. The van der Waals surface area contributed by atoms with Crippen LogP contribution in [-0.4, -0.2) is 55.2 Å². The second-order valence-corrected chi connectivity index (χ2v) is 14.2. The van der Waals surface area contributed by atoms with Crippen molar-refractivity contribution in [3.8, 4) is 28.4 Å². The molecule has 2 aliphatic heterocycles. The third-order valence-corrected chi connectivity index (χ3v) is 10.5. The molecule has 0 bridgehead atoms. The van der Waals surface area contributed by atoms with E-state index in [1.165, 1.54) is 47.2 Å². The van der Waals surface area contributed by atoms with Crippen LogP contribution in [0.1, 0.15) is 87.7 Å². The zero-order chi connectivity index (χ0) is 33.0. The van der Waals surface area contributed by atoms with Gasteiger partial charge in [0.05, 0.1) is 18.2 Å². The lowest BCUT2D eigenvalue weighted by molar-refractivity contribution is -0.119. The van der Waals surface area contributed by atoms with Gasteiger partial charge in [-0.1, -0.05) is 41.9 Å². The Bertz CT molecular complexity index is 1570. The van der Waals surface area contributed by atoms with E-state index in [4.69, 9.17) is 25.8 Å². The topological polar surface area (TPSA) is 72.1 Å². The summed E-state index contributed by atoms with van der Waals surface area (Å²) in [5.74, 6) is 2.48. The molecule has 3 aromatic rings. The van der Waals surface area contributed by atoms with E-state index in [-0.39, 0.29) is 18.1 Å². The number of ether oxygens (including phenoxy) is 3. The maximum absolute atomic E-state index is 11.5. The van der Waals surface area contributed by atoms with Crippen LogP contribution >= 0.6 is 11.6 Å². The lowest BCUT2D eigenvalue weighted by atomic mass is 9.93. The number of carbonyl (C=O) groups is 1. The molecule has 7 nitrogen and oxygen atoms in total. The van der Waals surface area contributed by atoms with Crippen LogP contribution in [0.2, 0.25) is 5.02 Å². The monoisotopic (exact) mass is 659 g/mol. The van der Waals surface area contributed by atoms with Crippen molar-refractivity contribution in [2.75, 3.05) is 32.8 Å². The van der Waals surface area contributed by atoms with Gasteiger partial charge in [-0.05, 0) is 113 Å².